The fourth-order valence-corrected chi connectivity index (χ4v) is 2.94. The summed E-state index contributed by atoms with van der Waals surface area (Å²) in [5.74, 6) is -0.139. The van der Waals surface area contributed by atoms with Crippen LogP contribution in [0.5, 0.6) is 0 Å². The van der Waals surface area contributed by atoms with Crippen molar-refractivity contribution in [3.63, 3.8) is 0 Å². The maximum Gasteiger partial charge on any atom is 0.319 e. The number of cyclic esters (lactones) is 1. The average Bonchev–Trinajstić information content (AvgIpc) is 2.58. The van der Waals surface area contributed by atoms with E-state index in [9.17, 15) is 4.79 Å². The van der Waals surface area contributed by atoms with E-state index in [1.807, 2.05) is 18.2 Å². The Bertz CT molecular complexity index is 397. The van der Waals surface area contributed by atoms with Crippen LogP contribution in [-0.4, -0.2) is 17.8 Å². The summed E-state index contributed by atoms with van der Waals surface area (Å²) < 4.78 is 5.86. The van der Waals surface area contributed by atoms with Crippen molar-refractivity contribution in [1.82, 2.24) is 0 Å². The molecule has 1 aliphatic heterocycles. The number of nitrogen functional groups attached to an aromatic ring is 1. The van der Waals surface area contributed by atoms with Gasteiger partial charge in [-0.05, 0) is 18.2 Å². The molecule has 0 radical (unpaired) electrons. The second-order valence-electron chi connectivity index (χ2n) is 3.24. The van der Waals surface area contributed by atoms with E-state index in [1.165, 1.54) is 11.8 Å². The van der Waals surface area contributed by atoms with Gasteiger partial charge < -0.3 is 10.5 Å². The second-order valence-corrected chi connectivity index (χ2v) is 5.41. The summed E-state index contributed by atoms with van der Waals surface area (Å²) >= 11 is 4.85. The lowest BCUT2D eigenvalue weighted by molar-refractivity contribution is -0.137. The van der Waals surface area contributed by atoms with Crippen LogP contribution in [0.25, 0.3) is 0 Å². The Labute approximate surface area is 100 Å². The molecule has 1 fully saturated rings. The Kier molecular flexibility index (Phi) is 3.21. The van der Waals surface area contributed by atoms with Gasteiger partial charge in [0, 0.05) is 21.5 Å². The molecule has 0 bridgehead atoms. The molecule has 15 heavy (non-hydrogen) atoms. The van der Waals surface area contributed by atoms with Gasteiger partial charge in [-0.15, -0.1) is 11.8 Å². The number of carbonyl (C=O) groups is 1. The zero-order chi connectivity index (χ0) is 10.8. The number of halogens is 1. The summed E-state index contributed by atoms with van der Waals surface area (Å²) in [7, 11) is 0. The van der Waals surface area contributed by atoms with E-state index in [4.69, 9.17) is 10.5 Å². The third kappa shape index (κ3) is 2.46. The van der Waals surface area contributed by atoms with Gasteiger partial charge in [-0.3, -0.25) is 4.79 Å². The molecule has 0 saturated carbocycles. The standard InChI is InChI=1S/C10H10BrNO2S/c11-6-1-2-7(12)9(5-6)15-8-3-4-14-10(8)13/h1-2,5,8H,3-4,12H2. The van der Waals surface area contributed by atoms with Crippen molar-refractivity contribution in [3.05, 3.63) is 22.7 Å². The predicted molar refractivity (Wildman–Crippen MR) is 63.8 cm³/mol. The first-order valence-electron chi connectivity index (χ1n) is 4.55. The fourth-order valence-electron chi connectivity index (χ4n) is 1.35. The monoisotopic (exact) mass is 287 g/mol. The fraction of sp³-hybridized carbons (Fsp3) is 0.300. The highest BCUT2D eigenvalue weighted by molar-refractivity contribution is 9.10. The summed E-state index contributed by atoms with van der Waals surface area (Å²) in [6, 6.07) is 5.63. The lowest BCUT2D eigenvalue weighted by atomic mass is 10.3. The number of thioether (sulfide) groups is 1. The van der Waals surface area contributed by atoms with Crippen LogP contribution in [0, 0.1) is 0 Å². The minimum atomic E-state index is -0.139. The quantitative estimate of drug-likeness (QED) is 0.671. The number of ether oxygens (including phenoxy) is 1. The summed E-state index contributed by atoms with van der Waals surface area (Å²) in [5.41, 5.74) is 6.52. The topological polar surface area (TPSA) is 52.3 Å². The van der Waals surface area contributed by atoms with Crippen molar-refractivity contribution in [3.8, 4) is 0 Å². The van der Waals surface area contributed by atoms with Gasteiger partial charge in [0.05, 0.1) is 6.61 Å². The third-order valence-corrected chi connectivity index (χ3v) is 3.95. The molecule has 80 valence electrons. The van der Waals surface area contributed by atoms with Crippen LogP contribution in [0.3, 0.4) is 0 Å². The van der Waals surface area contributed by atoms with E-state index in [1.54, 1.807) is 0 Å². The first-order valence-corrected chi connectivity index (χ1v) is 6.22. The number of carbonyl (C=O) groups excluding carboxylic acids is 1. The summed E-state index contributed by atoms with van der Waals surface area (Å²) in [6.45, 7) is 0.518. The van der Waals surface area contributed by atoms with Gasteiger partial charge in [0.25, 0.3) is 0 Å². The molecule has 2 rings (SSSR count). The van der Waals surface area contributed by atoms with Crippen molar-refractivity contribution >= 4 is 39.3 Å². The number of rotatable bonds is 2. The Morgan fingerprint density at radius 3 is 3.00 bits per heavy atom. The Morgan fingerprint density at radius 2 is 2.33 bits per heavy atom. The van der Waals surface area contributed by atoms with Gasteiger partial charge in [0.1, 0.15) is 5.25 Å². The minimum absolute atomic E-state index is 0.110. The number of hydrogen-bond acceptors (Lipinski definition) is 4. The molecule has 0 aromatic heterocycles. The van der Waals surface area contributed by atoms with Crippen molar-refractivity contribution in [2.75, 3.05) is 12.3 Å². The van der Waals surface area contributed by atoms with Crippen molar-refractivity contribution in [2.45, 2.75) is 16.6 Å². The molecule has 0 spiro atoms. The molecule has 0 amide bonds. The van der Waals surface area contributed by atoms with Crippen molar-refractivity contribution in [1.29, 1.82) is 0 Å². The molecule has 1 aromatic rings. The van der Waals surface area contributed by atoms with Crippen LogP contribution in [0.4, 0.5) is 5.69 Å². The van der Waals surface area contributed by atoms with Gasteiger partial charge in [-0.25, -0.2) is 0 Å². The first kappa shape index (κ1) is 10.8. The normalized spacial score (nSPS) is 20.3. The average molecular weight is 288 g/mol. The molecule has 3 nitrogen and oxygen atoms in total. The number of benzene rings is 1. The Morgan fingerprint density at radius 1 is 1.53 bits per heavy atom. The number of nitrogens with two attached hydrogens (primary N) is 1. The largest absolute Gasteiger partial charge is 0.465 e. The highest BCUT2D eigenvalue weighted by atomic mass is 79.9. The van der Waals surface area contributed by atoms with Gasteiger partial charge >= 0.3 is 5.97 Å². The van der Waals surface area contributed by atoms with E-state index in [0.717, 1.165) is 15.8 Å². The zero-order valence-corrected chi connectivity index (χ0v) is 10.3. The Hall–Kier alpha value is -0.680. The Balaban J connectivity index is 2.16. The molecule has 1 saturated heterocycles. The highest BCUT2D eigenvalue weighted by Crippen LogP contribution is 2.34. The molecule has 1 aromatic carbocycles. The van der Waals surface area contributed by atoms with Gasteiger partial charge in [-0.1, -0.05) is 15.9 Å². The maximum atomic E-state index is 11.3. The summed E-state index contributed by atoms with van der Waals surface area (Å²) in [5, 5.41) is -0.110. The number of hydrogen-bond donors (Lipinski definition) is 1. The lowest BCUT2D eigenvalue weighted by Crippen LogP contribution is -2.09. The van der Waals surface area contributed by atoms with Gasteiger partial charge in [0.15, 0.2) is 0 Å². The van der Waals surface area contributed by atoms with E-state index in [-0.39, 0.29) is 11.2 Å². The van der Waals surface area contributed by atoms with E-state index in [2.05, 4.69) is 15.9 Å². The number of esters is 1. The zero-order valence-electron chi connectivity index (χ0n) is 7.90. The molecule has 5 heteroatoms. The van der Waals surface area contributed by atoms with E-state index in [0.29, 0.717) is 12.3 Å². The van der Waals surface area contributed by atoms with Gasteiger partial charge in [0.2, 0.25) is 0 Å². The molecule has 1 unspecified atom stereocenters. The highest BCUT2D eigenvalue weighted by Gasteiger charge is 2.27. The predicted octanol–water partition coefficient (Wildman–Crippen LogP) is 2.44. The van der Waals surface area contributed by atoms with Crippen LogP contribution in [-0.2, 0) is 9.53 Å². The molecule has 2 N–H and O–H groups in total. The van der Waals surface area contributed by atoms with Crippen LogP contribution < -0.4 is 5.73 Å². The molecular weight excluding hydrogens is 278 g/mol. The molecular formula is C10H10BrNO2S. The second kappa shape index (κ2) is 4.45. The molecule has 1 heterocycles. The maximum absolute atomic E-state index is 11.3. The van der Waals surface area contributed by atoms with Crippen LogP contribution in [0.1, 0.15) is 6.42 Å². The van der Waals surface area contributed by atoms with Crippen LogP contribution >= 0.6 is 27.7 Å². The smallest absolute Gasteiger partial charge is 0.319 e. The lowest BCUT2D eigenvalue weighted by Gasteiger charge is -2.08. The SMILES string of the molecule is Nc1ccc(Br)cc1SC1CCOC1=O. The third-order valence-electron chi connectivity index (χ3n) is 2.13. The van der Waals surface area contributed by atoms with Crippen molar-refractivity contribution < 1.29 is 9.53 Å². The van der Waals surface area contributed by atoms with Crippen LogP contribution in [0.15, 0.2) is 27.6 Å². The molecule has 0 aliphatic carbocycles. The molecule has 1 atom stereocenters. The number of anilines is 1. The van der Waals surface area contributed by atoms with Gasteiger partial charge in [-0.2, -0.15) is 0 Å². The first-order chi connectivity index (χ1) is 7.16. The molecule has 1 aliphatic rings. The van der Waals surface area contributed by atoms with Crippen molar-refractivity contribution in [2.24, 2.45) is 0 Å². The van der Waals surface area contributed by atoms with Crippen LogP contribution in [0.2, 0.25) is 0 Å². The minimum Gasteiger partial charge on any atom is -0.465 e. The van der Waals surface area contributed by atoms with E-state index < -0.39 is 0 Å². The van der Waals surface area contributed by atoms with E-state index >= 15 is 0 Å². The summed E-state index contributed by atoms with van der Waals surface area (Å²) in [4.78, 5) is 12.2. The summed E-state index contributed by atoms with van der Waals surface area (Å²) in [6.07, 6.45) is 0.759.